The number of hydrogen-bond donors (Lipinski definition) is 3. The predicted octanol–water partition coefficient (Wildman–Crippen LogP) is 1.07. The standard InChI is InChI=1S/C11H21N3O2/c1-8(11(12)14-16)7-13-10(15)6-9-4-2-3-5-9/h8-9,16H,2-7H2,1H3,(H2,12,14)(H,13,15). The lowest BCUT2D eigenvalue weighted by molar-refractivity contribution is -0.122. The van der Waals surface area contributed by atoms with Crippen LogP contribution in [-0.2, 0) is 4.79 Å². The number of carbonyl (C=O) groups is 1. The highest BCUT2D eigenvalue weighted by molar-refractivity contribution is 5.83. The van der Waals surface area contributed by atoms with E-state index in [1.807, 2.05) is 6.92 Å². The summed E-state index contributed by atoms with van der Waals surface area (Å²) in [5, 5.41) is 14.2. The van der Waals surface area contributed by atoms with Crippen LogP contribution >= 0.6 is 0 Å². The van der Waals surface area contributed by atoms with E-state index in [4.69, 9.17) is 10.9 Å². The van der Waals surface area contributed by atoms with Crippen LogP contribution in [0.5, 0.6) is 0 Å². The van der Waals surface area contributed by atoms with Crippen LogP contribution in [-0.4, -0.2) is 23.5 Å². The van der Waals surface area contributed by atoms with Gasteiger partial charge < -0.3 is 16.3 Å². The smallest absolute Gasteiger partial charge is 0.220 e. The molecule has 0 heterocycles. The molecule has 1 saturated carbocycles. The second-order valence-corrected chi connectivity index (χ2v) is 4.58. The Hall–Kier alpha value is -1.26. The summed E-state index contributed by atoms with van der Waals surface area (Å²) in [7, 11) is 0. The van der Waals surface area contributed by atoms with E-state index in [1.54, 1.807) is 0 Å². The third-order valence-electron chi connectivity index (χ3n) is 3.17. The highest BCUT2D eigenvalue weighted by atomic mass is 16.4. The Bertz CT molecular complexity index is 260. The number of nitrogens with two attached hydrogens (primary N) is 1. The second kappa shape index (κ2) is 6.35. The number of hydrogen-bond acceptors (Lipinski definition) is 3. The summed E-state index contributed by atoms with van der Waals surface area (Å²) >= 11 is 0. The number of carbonyl (C=O) groups excluding carboxylic acids is 1. The summed E-state index contributed by atoms with van der Waals surface area (Å²) in [6, 6.07) is 0. The van der Waals surface area contributed by atoms with Crippen molar-refractivity contribution < 1.29 is 10.0 Å². The molecule has 0 aromatic heterocycles. The molecular weight excluding hydrogens is 206 g/mol. The van der Waals surface area contributed by atoms with Crippen LogP contribution in [0.25, 0.3) is 0 Å². The maximum absolute atomic E-state index is 11.6. The number of amides is 1. The average Bonchev–Trinajstić information content (AvgIpc) is 2.77. The first-order valence-electron chi connectivity index (χ1n) is 5.87. The Morgan fingerprint density at radius 2 is 2.19 bits per heavy atom. The Morgan fingerprint density at radius 3 is 2.75 bits per heavy atom. The van der Waals surface area contributed by atoms with Gasteiger partial charge in [-0.2, -0.15) is 0 Å². The number of rotatable bonds is 5. The molecule has 1 fully saturated rings. The maximum Gasteiger partial charge on any atom is 0.220 e. The van der Waals surface area contributed by atoms with Crippen molar-refractivity contribution >= 4 is 11.7 Å². The van der Waals surface area contributed by atoms with Crippen molar-refractivity contribution in [1.29, 1.82) is 0 Å². The summed E-state index contributed by atoms with van der Waals surface area (Å²) in [5.41, 5.74) is 5.41. The van der Waals surface area contributed by atoms with Gasteiger partial charge in [0.1, 0.15) is 5.84 Å². The normalized spacial score (nSPS) is 19.7. The Morgan fingerprint density at radius 1 is 1.56 bits per heavy atom. The van der Waals surface area contributed by atoms with Gasteiger partial charge in [-0.25, -0.2) is 0 Å². The molecule has 92 valence electrons. The van der Waals surface area contributed by atoms with Gasteiger partial charge in [0.15, 0.2) is 0 Å². The molecule has 1 rings (SSSR count). The van der Waals surface area contributed by atoms with E-state index < -0.39 is 0 Å². The van der Waals surface area contributed by atoms with E-state index in [2.05, 4.69) is 10.5 Å². The zero-order chi connectivity index (χ0) is 12.0. The largest absolute Gasteiger partial charge is 0.409 e. The molecule has 1 amide bonds. The molecule has 5 nitrogen and oxygen atoms in total. The van der Waals surface area contributed by atoms with Crippen molar-refractivity contribution in [3.63, 3.8) is 0 Å². The van der Waals surface area contributed by atoms with Crippen LogP contribution in [0, 0.1) is 11.8 Å². The summed E-state index contributed by atoms with van der Waals surface area (Å²) in [5.74, 6) is 0.655. The topological polar surface area (TPSA) is 87.7 Å². The summed E-state index contributed by atoms with van der Waals surface area (Å²) < 4.78 is 0. The fraction of sp³-hybridized carbons (Fsp3) is 0.818. The van der Waals surface area contributed by atoms with Gasteiger partial charge >= 0.3 is 0 Å². The minimum absolute atomic E-state index is 0.0736. The lowest BCUT2D eigenvalue weighted by atomic mass is 10.0. The summed E-state index contributed by atoms with van der Waals surface area (Å²) in [6.07, 6.45) is 5.45. The minimum atomic E-state index is -0.127. The fourth-order valence-electron chi connectivity index (χ4n) is 2.02. The molecule has 0 aliphatic heterocycles. The highest BCUT2D eigenvalue weighted by Gasteiger charge is 2.18. The molecule has 5 heteroatoms. The third kappa shape index (κ3) is 4.08. The van der Waals surface area contributed by atoms with E-state index in [1.165, 1.54) is 25.7 Å². The van der Waals surface area contributed by atoms with Crippen LogP contribution in [0.4, 0.5) is 0 Å². The molecule has 0 bridgehead atoms. The predicted molar refractivity (Wildman–Crippen MR) is 62.2 cm³/mol. The second-order valence-electron chi connectivity index (χ2n) is 4.58. The van der Waals surface area contributed by atoms with Crippen LogP contribution in [0.1, 0.15) is 39.0 Å². The van der Waals surface area contributed by atoms with Gasteiger partial charge in [-0.05, 0) is 18.8 Å². The van der Waals surface area contributed by atoms with Gasteiger partial charge in [-0.15, -0.1) is 0 Å². The molecule has 0 radical (unpaired) electrons. The monoisotopic (exact) mass is 227 g/mol. The van der Waals surface area contributed by atoms with Gasteiger partial charge in [-0.3, -0.25) is 4.79 Å². The molecule has 1 unspecified atom stereocenters. The lowest BCUT2D eigenvalue weighted by Gasteiger charge is -2.13. The molecule has 0 aromatic carbocycles. The molecule has 4 N–H and O–H groups in total. The van der Waals surface area contributed by atoms with Crippen molar-refractivity contribution in [2.75, 3.05) is 6.54 Å². The molecule has 1 atom stereocenters. The first-order chi connectivity index (χ1) is 7.63. The van der Waals surface area contributed by atoms with Crippen molar-refractivity contribution in [3.05, 3.63) is 0 Å². The Kier molecular flexibility index (Phi) is 5.08. The minimum Gasteiger partial charge on any atom is -0.409 e. The number of amidine groups is 1. The number of oxime groups is 1. The zero-order valence-corrected chi connectivity index (χ0v) is 9.78. The molecule has 1 aliphatic rings. The molecule has 1 aliphatic carbocycles. The van der Waals surface area contributed by atoms with Crippen molar-refractivity contribution in [3.8, 4) is 0 Å². The third-order valence-corrected chi connectivity index (χ3v) is 3.17. The molecule has 0 spiro atoms. The molecular formula is C11H21N3O2. The van der Waals surface area contributed by atoms with Crippen LogP contribution in [0.3, 0.4) is 0 Å². The van der Waals surface area contributed by atoms with E-state index in [0.717, 1.165) is 0 Å². The van der Waals surface area contributed by atoms with Crippen LogP contribution in [0.15, 0.2) is 5.16 Å². The highest BCUT2D eigenvalue weighted by Crippen LogP contribution is 2.27. The van der Waals surface area contributed by atoms with Crippen LogP contribution in [0.2, 0.25) is 0 Å². The quantitative estimate of drug-likeness (QED) is 0.284. The summed E-state index contributed by atoms with van der Waals surface area (Å²) in [4.78, 5) is 11.6. The van der Waals surface area contributed by atoms with Gasteiger partial charge in [0.25, 0.3) is 0 Å². The average molecular weight is 227 g/mol. The maximum atomic E-state index is 11.6. The van der Waals surface area contributed by atoms with Gasteiger partial charge in [0.2, 0.25) is 5.91 Å². The fourth-order valence-corrected chi connectivity index (χ4v) is 2.02. The molecule has 0 saturated heterocycles. The van der Waals surface area contributed by atoms with Gasteiger partial charge in [0.05, 0.1) is 0 Å². The lowest BCUT2D eigenvalue weighted by Crippen LogP contribution is -2.35. The van der Waals surface area contributed by atoms with Crippen molar-refractivity contribution in [1.82, 2.24) is 5.32 Å². The number of nitrogens with one attached hydrogen (secondary N) is 1. The Balaban J connectivity index is 2.19. The Labute approximate surface area is 96.1 Å². The van der Waals surface area contributed by atoms with Crippen LogP contribution < -0.4 is 11.1 Å². The van der Waals surface area contributed by atoms with E-state index >= 15 is 0 Å². The van der Waals surface area contributed by atoms with Crippen molar-refractivity contribution in [2.45, 2.75) is 39.0 Å². The number of nitrogens with zero attached hydrogens (tertiary/aromatic N) is 1. The van der Waals surface area contributed by atoms with E-state index in [-0.39, 0.29) is 17.7 Å². The molecule has 0 aromatic rings. The van der Waals surface area contributed by atoms with Crippen molar-refractivity contribution in [2.24, 2.45) is 22.7 Å². The van der Waals surface area contributed by atoms with Gasteiger partial charge in [0, 0.05) is 18.9 Å². The first-order valence-corrected chi connectivity index (χ1v) is 5.87. The van der Waals surface area contributed by atoms with E-state index in [0.29, 0.717) is 18.9 Å². The van der Waals surface area contributed by atoms with E-state index in [9.17, 15) is 4.79 Å². The van der Waals surface area contributed by atoms with Gasteiger partial charge in [-0.1, -0.05) is 24.9 Å². The SMILES string of the molecule is CC(CNC(=O)CC1CCCC1)C(N)=NO. The zero-order valence-electron chi connectivity index (χ0n) is 9.78. The molecule has 16 heavy (non-hydrogen) atoms. The summed E-state index contributed by atoms with van der Waals surface area (Å²) in [6.45, 7) is 2.24. The first kappa shape index (κ1) is 12.8.